The maximum absolute atomic E-state index is 5.59. The van der Waals surface area contributed by atoms with Crippen molar-refractivity contribution in [1.82, 2.24) is 15.1 Å². The van der Waals surface area contributed by atoms with E-state index in [2.05, 4.69) is 31.1 Å². The molecule has 0 spiro atoms. The van der Waals surface area contributed by atoms with E-state index in [4.69, 9.17) is 10.3 Å². The molecule has 0 saturated heterocycles. The second kappa shape index (κ2) is 5.75. The SMILES string of the molecule is Cc1cc(Br)ccc1-c1noc(-c2ccnc(CN)c2)n1. The van der Waals surface area contributed by atoms with Crippen LogP contribution in [-0.2, 0) is 6.54 Å². The number of aryl methyl sites for hydroxylation is 1. The lowest BCUT2D eigenvalue weighted by molar-refractivity contribution is 0.432. The van der Waals surface area contributed by atoms with Crippen molar-refractivity contribution < 1.29 is 4.52 Å². The maximum Gasteiger partial charge on any atom is 0.258 e. The van der Waals surface area contributed by atoms with Crippen LogP contribution in [0.4, 0.5) is 0 Å². The number of benzene rings is 1. The minimum Gasteiger partial charge on any atom is -0.334 e. The molecular weight excluding hydrogens is 332 g/mol. The molecule has 3 rings (SSSR count). The van der Waals surface area contributed by atoms with E-state index in [-0.39, 0.29) is 0 Å². The van der Waals surface area contributed by atoms with Crippen molar-refractivity contribution in [3.63, 3.8) is 0 Å². The smallest absolute Gasteiger partial charge is 0.258 e. The zero-order chi connectivity index (χ0) is 14.8. The van der Waals surface area contributed by atoms with Gasteiger partial charge in [0.25, 0.3) is 5.89 Å². The van der Waals surface area contributed by atoms with E-state index < -0.39 is 0 Å². The number of halogens is 1. The monoisotopic (exact) mass is 344 g/mol. The Morgan fingerprint density at radius 1 is 1.24 bits per heavy atom. The molecule has 6 heteroatoms. The third-order valence-corrected chi connectivity index (χ3v) is 3.62. The minimum absolute atomic E-state index is 0.376. The summed E-state index contributed by atoms with van der Waals surface area (Å²) in [6.45, 7) is 2.38. The van der Waals surface area contributed by atoms with Gasteiger partial charge < -0.3 is 10.3 Å². The summed E-state index contributed by atoms with van der Waals surface area (Å²) in [5, 5.41) is 4.06. The van der Waals surface area contributed by atoms with Gasteiger partial charge in [-0.15, -0.1) is 0 Å². The number of hydrogen-bond acceptors (Lipinski definition) is 5. The number of nitrogens with zero attached hydrogens (tertiary/aromatic N) is 3. The molecule has 0 atom stereocenters. The first-order valence-corrected chi connectivity index (χ1v) is 7.22. The van der Waals surface area contributed by atoms with Gasteiger partial charge in [-0.2, -0.15) is 4.98 Å². The molecule has 0 saturated carbocycles. The molecule has 0 fully saturated rings. The molecule has 0 bridgehead atoms. The van der Waals surface area contributed by atoms with Crippen LogP contribution in [0.2, 0.25) is 0 Å². The highest BCUT2D eigenvalue weighted by Crippen LogP contribution is 2.26. The highest BCUT2D eigenvalue weighted by atomic mass is 79.9. The Labute approximate surface area is 130 Å². The van der Waals surface area contributed by atoms with Crippen molar-refractivity contribution in [3.8, 4) is 22.8 Å². The van der Waals surface area contributed by atoms with Gasteiger partial charge in [-0.1, -0.05) is 21.1 Å². The topological polar surface area (TPSA) is 77.8 Å². The molecule has 0 aliphatic heterocycles. The summed E-state index contributed by atoms with van der Waals surface area (Å²) in [7, 11) is 0. The van der Waals surface area contributed by atoms with Crippen LogP contribution in [0.1, 0.15) is 11.3 Å². The average Bonchev–Trinajstić information content (AvgIpc) is 2.97. The summed E-state index contributed by atoms with van der Waals surface area (Å²) < 4.78 is 6.37. The fraction of sp³-hybridized carbons (Fsp3) is 0.133. The van der Waals surface area contributed by atoms with Crippen molar-refractivity contribution in [1.29, 1.82) is 0 Å². The van der Waals surface area contributed by atoms with Gasteiger partial charge in [-0.3, -0.25) is 4.98 Å². The molecule has 0 aliphatic rings. The van der Waals surface area contributed by atoms with Gasteiger partial charge in [0.15, 0.2) is 0 Å². The lowest BCUT2D eigenvalue weighted by atomic mass is 10.1. The molecule has 2 N–H and O–H groups in total. The van der Waals surface area contributed by atoms with Crippen molar-refractivity contribution in [2.75, 3.05) is 0 Å². The summed E-state index contributed by atoms with van der Waals surface area (Å²) in [4.78, 5) is 8.61. The Bertz CT molecular complexity index is 785. The fourth-order valence-corrected chi connectivity index (χ4v) is 2.53. The predicted molar refractivity (Wildman–Crippen MR) is 83.3 cm³/mol. The quantitative estimate of drug-likeness (QED) is 0.788. The van der Waals surface area contributed by atoms with Crippen LogP contribution >= 0.6 is 15.9 Å². The van der Waals surface area contributed by atoms with Gasteiger partial charge in [0.2, 0.25) is 5.82 Å². The van der Waals surface area contributed by atoms with Crippen LogP contribution in [0.5, 0.6) is 0 Å². The summed E-state index contributed by atoms with van der Waals surface area (Å²) in [6.07, 6.45) is 1.69. The molecule has 2 heterocycles. The number of pyridine rings is 1. The van der Waals surface area contributed by atoms with Crippen LogP contribution in [0.15, 0.2) is 45.5 Å². The molecule has 0 amide bonds. The minimum atomic E-state index is 0.376. The van der Waals surface area contributed by atoms with Gasteiger partial charge in [0, 0.05) is 28.3 Å². The first kappa shape index (κ1) is 13.9. The van der Waals surface area contributed by atoms with Crippen LogP contribution < -0.4 is 5.73 Å². The Hall–Kier alpha value is -2.05. The van der Waals surface area contributed by atoms with Crippen LogP contribution in [0, 0.1) is 6.92 Å². The van der Waals surface area contributed by atoms with Crippen LogP contribution in [0.3, 0.4) is 0 Å². The normalized spacial score (nSPS) is 10.8. The molecule has 21 heavy (non-hydrogen) atoms. The molecule has 0 unspecified atom stereocenters. The summed E-state index contributed by atoms with van der Waals surface area (Å²) in [5.41, 5.74) is 9.22. The van der Waals surface area contributed by atoms with Crippen LogP contribution in [0.25, 0.3) is 22.8 Å². The second-order valence-electron chi connectivity index (χ2n) is 4.62. The number of nitrogens with two attached hydrogens (primary N) is 1. The summed E-state index contributed by atoms with van der Waals surface area (Å²) in [6, 6.07) is 9.62. The largest absolute Gasteiger partial charge is 0.334 e. The Morgan fingerprint density at radius 3 is 2.86 bits per heavy atom. The van der Waals surface area contributed by atoms with E-state index in [1.165, 1.54) is 0 Å². The van der Waals surface area contributed by atoms with Crippen LogP contribution in [-0.4, -0.2) is 15.1 Å². The average molecular weight is 345 g/mol. The number of hydrogen-bond donors (Lipinski definition) is 1. The van der Waals surface area contributed by atoms with Gasteiger partial charge in [0.05, 0.1) is 5.69 Å². The lowest BCUT2D eigenvalue weighted by Gasteiger charge is -2.00. The third kappa shape index (κ3) is 2.86. The molecular formula is C15H13BrN4O. The predicted octanol–water partition coefficient (Wildman–Crippen LogP) is 3.33. The zero-order valence-corrected chi connectivity index (χ0v) is 13.0. The van der Waals surface area contributed by atoms with E-state index >= 15 is 0 Å². The Kier molecular flexibility index (Phi) is 3.81. The maximum atomic E-state index is 5.59. The number of aromatic nitrogens is 3. The van der Waals surface area contributed by atoms with Crippen molar-refractivity contribution in [2.45, 2.75) is 13.5 Å². The second-order valence-corrected chi connectivity index (χ2v) is 5.54. The first-order valence-electron chi connectivity index (χ1n) is 6.43. The highest BCUT2D eigenvalue weighted by Gasteiger charge is 2.13. The van der Waals surface area contributed by atoms with E-state index in [0.29, 0.717) is 18.3 Å². The zero-order valence-electron chi connectivity index (χ0n) is 11.4. The Morgan fingerprint density at radius 2 is 2.10 bits per heavy atom. The molecule has 1 aromatic carbocycles. The molecule has 106 valence electrons. The van der Waals surface area contributed by atoms with Gasteiger partial charge in [-0.05, 0) is 42.8 Å². The standard InChI is InChI=1S/C15H13BrN4O/c1-9-6-11(16)2-3-13(9)14-19-15(21-20-14)10-4-5-18-12(7-10)8-17/h2-7H,8,17H2,1H3. The van der Waals surface area contributed by atoms with Gasteiger partial charge in [0.1, 0.15) is 0 Å². The molecule has 5 nitrogen and oxygen atoms in total. The van der Waals surface area contributed by atoms with Crippen molar-refractivity contribution >= 4 is 15.9 Å². The van der Waals surface area contributed by atoms with Crippen molar-refractivity contribution in [2.24, 2.45) is 5.73 Å². The molecule has 3 aromatic rings. The van der Waals surface area contributed by atoms with Gasteiger partial charge in [-0.25, -0.2) is 0 Å². The molecule has 0 radical (unpaired) electrons. The van der Waals surface area contributed by atoms with Crippen molar-refractivity contribution in [3.05, 3.63) is 52.3 Å². The third-order valence-electron chi connectivity index (χ3n) is 3.13. The van der Waals surface area contributed by atoms with E-state index in [1.807, 2.05) is 37.3 Å². The fourth-order valence-electron chi connectivity index (χ4n) is 2.05. The molecule has 2 aromatic heterocycles. The lowest BCUT2D eigenvalue weighted by Crippen LogP contribution is -1.98. The highest BCUT2D eigenvalue weighted by molar-refractivity contribution is 9.10. The molecule has 0 aliphatic carbocycles. The summed E-state index contributed by atoms with van der Waals surface area (Å²) >= 11 is 3.44. The van der Waals surface area contributed by atoms with E-state index in [0.717, 1.165) is 26.9 Å². The van der Waals surface area contributed by atoms with Gasteiger partial charge >= 0.3 is 0 Å². The number of rotatable bonds is 3. The first-order chi connectivity index (χ1) is 10.2. The van der Waals surface area contributed by atoms with E-state index in [9.17, 15) is 0 Å². The Balaban J connectivity index is 1.99. The summed E-state index contributed by atoms with van der Waals surface area (Å²) in [5.74, 6) is 1.03. The van der Waals surface area contributed by atoms with E-state index in [1.54, 1.807) is 6.20 Å².